The van der Waals surface area contributed by atoms with Crippen LogP contribution < -0.4 is 10.2 Å². The van der Waals surface area contributed by atoms with Crippen molar-refractivity contribution in [2.45, 2.75) is 38.3 Å². The minimum atomic E-state index is -0.553. The van der Waals surface area contributed by atoms with Crippen LogP contribution in [-0.2, 0) is 17.8 Å². The normalized spacial score (nSPS) is 15.8. The molecule has 9 nitrogen and oxygen atoms in total. The fourth-order valence-electron chi connectivity index (χ4n) is 5.77. The number of benzene rings is 2. The van der Waals surface area contributed by atoms with Crippen LogP contribution in [0.3, 0.4) is 0 Å². The molecule has 3 heterocycles. The molecule has 1 atom stereocenters. The summed E-state index contributed by atoms with van der Waals surface area (Å²) in [5.74, 6) is 0.232. The number of ether oxygens (including phenoxy) is 1. The van der Waals surface area contributed by atoms with Crippen LogP contribution >= 0.6 is 0 Å². The third kappa shape index (κ3) is 4.85. The molecule has 2 aliphatic carbocycles. The smallest absolute Gasteiger partial charge is 0.414 e. The maximum absolute atomic E-state index is 14.1. The van der Waals surface area contributed by atoms with Crippen LogP contribution in [-0.4, -0.2) is 43.7 Å². The van der Waals surface area contributed by atoms with Gasteiger partial charge in [-0.15, -0.1) is 0 Å². The van der Waals surface area contributed by atoms with Gasteiger partial charge in [0.25, 0.3) is 0 Å². The first-order valence-electron chi connectivity index (χ1n) is 13.9. The van der Waals surface area contributed by atoms with Crippen molar-refractivity contribution in [3.63, 3.8) is 0 Å². The second-order valence-corrected chi connectivity index (χ2v) is 10.6. The van der Waals surface area contributed by atoms with Crippen molar-refractivity contribution < 1.29 is 13.9 Å². The number of pyridine rings is 1. The zero-order valence-corrected chi connectivity index (χ0v) is 23.0. The third-order valence-corrected chi connectivity index (χ3v) is 7.90. The Kier molecular flexibility index (Phi) is 6.58. The van der Waals surface area contributed by atoms with E-state index in [9.17, 15) is 9.18 Å². The third-order valence-electron chi connectivity index (χ3n) is 7.90. The van der Waals surface area contributed by atoms with Gasteiger partial charge in [-0.1, -0.05) is 60.2 Å². The number of amides is 1. The van der Waals surface area contributed by atoms with Crippen LogP contribution in [0.1, 0.15) is 36.0 Å². The summed E-state index contributed by atoms with van der Waals surface area (Å²) in [6.45, 7) is 0.133. The van der Waals surface area contributed by atoms with Crippen LogP contribution in [0.5, 0.6) is 0 Å². The lowest BCUT2D eigenvalue weighted by atomic mass is 9.88. The van der Waals surface area contributed by atoms with E-state index in [2.05, 4.69) is 44.6 Å². The number of halogens is 1. The minimum Gasteiger partial charge on any atom is -0.444 e. The van der Waals surface area contributed by atoms with Crippen molar-refractivity contribution in [2.24, 2.45) is 0 Å². The van der Waals surface area contributed by atoms with Gasteiger partial charge in [-0.25, -0.2) is 14.2 Å². The molecule has 7 rings (SSSR count). The highest BCUT2D eigenvalue weighted by Gasteiger charge is 2.29. The molecule has 2 aromatic carbocycles. The summed E-state index contributed by atoms with van der Waals surface area (Å²) in [6, 6.07) is 19.5. The fraction of sp³-hybridized carbons (Fsp3) is 0.219. The molecule has 0 aliphatic heterocycles. The van der Waals surface area contributed by atoms with Gasteiger partial charge in [-0.2, -0.15) is 14.6 Å². The summed E-state index contributed by atoms with van der Waals surface area (Å²) in [5, 5.41) is 8.13. The van der Waals surface area contributed by atoms with Gasteiger partial charge in [-0.3, -0.25) is 9.88 Å². The molecule has 5 aromatic rings. The van der Waals surface area contributed by atoms with Crippen LogP contribution in [0.25, 0.3) is 22.6 Å². The zero-order valence-electron chi connectivity index (χ0n) is 23.0. The van der Waals surface area contributed by atoms with Gasteiger partial charge < -0.3 is 10.1 Å². The van der Waals surface area contributed by atoms with E-state index >= 15 is 0 Å². The Labute approximate surface area is 241 Å². The predicted molar refractivity (Wildman–Crippen MR) is 157 cm³/mol. The van der Waals surface area contributed by atoms with Crippen LogP contribution in [0.2, 0.25) is 0 Å². The fourth-order valence-corrected chi connectivity index (χ4v) is 5.77. The number of anilines is 2. The molecule has 0 fully saturated rings. The largest absolute Gasteiger partial charge is 0.444 e. The molecular formula is C32H28FN7O2. The Bertz CT molecular complexity index is 1840. The highest BCUT2D eigenvalue weighted by atomic mass is 19.1. The Morgan fingerprint density at radius 1 is 1.10 bits per heavy atom. The van der Waals surface area contributed by atoms with Crippen molar-refractivity contribution in [3.8, 4) is 11.4 Å². The van der Waals surface area contributed by atoms with Gasteiger partial charge in [0.05, 0.1) is 12.4 Å². The average molecular weight is 562 g/mol. The summed E-state index contributed by atoms with van der Waals surface area (Å²) in [7, 11) is 1.61. The van der Waals surface area contributed by atoms with Crippen molar-refractivity contribution >= 4 is 28.9 Å². The SMILES string of the molecule is CN(C(=O)OCc1ccccc1)c1cnn2c(N[C@@H]3CCC4=C(C3)c3ccccc3C4)nc(-c3cncc(F)c3)nc12. The molecule has 3 aromatic heterocycles. The summed E-state index contributed by atoms with van der Waals surface area (Å²) in [5.41, 5.74) is 7.73. The number of nitrogens with one attached hydrogen (secondary N) is 1. The monoisotopic (exact) mass is 561 g/mol. The first-order chi connectivity index (χ1) is 20.5. The first-order valence-corrected chi connectivity index (χ1v) is 13.9. The Balaban J connectivity index is 1.21. The number of hydrogen-bond donors (Lipinski definition) is 1. The second kappa shape index (κ2) is 10.7. The molecule has 0 bridgehead atoms. The second-order valence-electron chi connectivity index (χ2n) is 10.6. The van der Waals surface area contributed by atoms with Crippen molar-refractivity contribution in [1.29, 1.82) is 0 Å². The maximum Gasteiger partial charge on any atom is 0.414 e. The van der Waals surface area contributed by atoms with E-state index in [1.807, 2.05) is 30.3 Å². The molecule has 0 radical (unpaired) electrons. The Morgan fingerprint density at radius 2 is 1.93 bits per heavy atom. The minimum absolute atomic E-state index is 0.104. The van der Waals surface area contributed by atoms with Gasteiger partial charge in [-0.05, 0) is 54.0 Å². The molecule has 210 valence electrons. The zero-order chi connectivity index (χ0) is 28.6. The van der Waals surface area contributed by atoms with E-state index in [4.69, 9.17) is 9.72 Å². The lowest BCUT2D eigenvalue weighted by molar-refractivity contribution is 0.148. The number of hydrogen-bond acceptors (Lipinski definition) is 7. The summed E-state index contributed by atoms with van der Waals surface area (Å²) < 4.78 is 21.3. The lowest BCUT2D eigenvalue weighted by Gasteiger charge is -2.26. The van der Waals surface area contributed by atoms with Gasteiger partial charge in [0, 0.05) is 24.8 Å². The average Bonchev–Trinajstić information content (AvgIpc) is 3.62. The van der Waals surface area contributed by atoms with E-state index in [0.717, 1.165) is 37.4 Å². The van der Waals surface area contributed by atoms with Gasteiger partial charge in [0.15, 0.2) is 11.5 Å². The van der Waals surface area contributed by atoms with Crippen LogP contribution in [0.4, 0.5) is 20.8 Å². The molecule has 0 unspecified atom stereocenters. The Morgan fingerprint density at radius 3 is 2.79 bits per heavy atom. The quantitative estimate of drug-likeness (QED) is 0.269. The van der Waals surface area contributed by atoms with Crippen LogP contribution in [0, 0.1) is 5.82 Å². The molecule has 42 heavy (non-hydrogen) atoms. The standard InChI is InChI=1S/C32H28FN7O2/c1-39(32(41)42-19-20-7-3-2-4-8-20)28-18-35-40-30(28)37-29(23-14-24(33)17-34-16-23)38-31(40)36-25-12-11-22-13-21-9-5-6-10-26(21)27(22)15-25/h2-10,14,16-18,25H,11-13,15,19H2,1H3,(H,36,37,38)/t25-/m1/s1. The number of rotatable bonds is 6. The number of nitrogens with zero attached hydrogens (tertiary/aromatic N) is 6. The van der Waals surface area contributed by atoms with Gasteiger partial charge in [0.1, 0.15) is 18.1 Å². The molecule has 0 saturated carbocycles. The molecule has 10 heteroatoms. The maximum atomic E-state index is 14.1. The van der Waals surface area contributed by atoms with E-state index in [-0.39, 0.29) is 18.5 Å². The van der Waals surface area contributed by atoms with Crippen molar-refractivity contribution in [1.82, 2.24) is 24.6 Å². The topological polar surface area (TPSA) is 97.5 Å². The number of carbonyl (C=O) groups is 1. The number of allylic oxidation sites excluding steroid dienone is 1. The summed E-state index contributed by atoms with van der Waals surface area (Å²) in [6.07, 6.45) is 7.46. The van der Waals surface area contributed by atoms with Gasteiger partial charge >= 0.3 is 6.09 Å². The van der Waals surface area contributed by atoms with Crippen molar-refractivity contribution in [3.05, 3.63) is 107 Å². The molecule has 2 aliphatic rings. The predicted octanol–water partition coefficient (Wildman–Crippen LogP) is 6.07. The van der Waals surface area contributed by atoms with E-state index < -0.39 is 11.9 Å². The number of fused-ring (bicyclic) bond motifs is 3. The Hall–Kier alpha value is -5.12. The van der Waals surface area contributed by atoms with Crippen LogP contribution in [0.15, 0.2) is 84.8 Å². The molecule has 1 amide bonds. The first kappa shape index (κ1) is 25.8. The highest BCUT2D eigenvalue weighted by molar-refractivity contribution is 5.92. The van der Waals surface area contributed by atoms with Gasteiger partial charge in [0.2, 0.25) is 5.95 Å². The van der Waals surface area contributed by atoms with Crippen molar-refractivity contribution in [2.75, 3.05) is 17.3 Å². The van der Waals surface area contributed by atoms with E-state index in [1.54, 1.807) is 17.8 Å². The summed E-state index contributed by atoms with van der Waals surface area (Å²) >= 11 is 0. The number of aromatic nitrogens is 5. The molecule has 0 spiro atoms. The molecular weight excluding hydrogens is 533 g/mol. The van der Waals surface area contributed by atoms with E-state index in [1.165, 1.54) is 39.4 Å². The lowest BCUT2D eigenvalue weighted by Crippen LogP contribution is -2.27. The molecule has 1 N–H and O–H groups in total. The summed E-state index contributed by atoms with van der Waals surface area (Å²) in [4.78, 5) is 27.8. The highest BCUT2D eigenvalue weighted by Crippen LogP contribution is 2.42. The number of carbonyl (C=O) groups excluding carboxylic acids is 1. The van der Waals surface area contributed by atoms with E-state index in [0.29, 0.717) is 22.8 Å². The molecule has 0 saturated heterocycles.